The molecule has 0 saturated carbocycles. The van der Waals surface area contributed by atoms with Gasteiger partial charge in [0.15, 0.2) is 0 Å². The molecule has 1 N–H and O–H groups in total. The Bertz CT molecular complexity index is 1240. The van der Waals surface area contributed by atoms with Crippen LogP contribution in [0.25, 0.3) is 22.4 Å². The maximum Gasteiger partial charge on any atom is 0.267 e. The largest absolute Gasteiger partial charge is 0.495 e. The van der Waals surface area contributed by atoms with Gasteiger partial charge in [-0.15, -0.1) is 0 Å². The molecule has 0 fully saturated rings. The summed E-state index contributed by atoms with van der Waals surface area (Å²) in [6.07, 6.45) is 1.27. The van der Waals surface area contributed by atoms with Crippen molar-refractivity contribution in [2.45, 2.75) is 13.5 Å². The number of ether oxygens (including phenoxy) is 1. The standard InChI is InChI=1S/C21H18N4O4/c1-13-7-9-14(10-8-13)19-18-20(29-24-19)22-12-25(21(18)27)11-17(26)23-15-5-3-4-6-16(15)28-2/h3-10,12H,11H2,1-2H3,(H,23,26). The highest BCUT2D eigenvalue weighted by Gasteiger charge is 2.18. The molecule has 146 valence electrons. The number of carbonyl (C=O) groups excluding carboxylic acids is 1. The Balaban J connectivity index is 1.65. The number of carbonyl (C=O) groups is 1. The summed E-state index contributed by atoms with van der Waals surface area (Å²) in [6, 6.07) is 14.6. The van der Waals surface area contributed by atoms with Gasteiger partial charge in [0.05, 0.1) is 12.8 Å². The van der Waals surface area contributed by atoms with Gasteiger partial charge < -0.3 is 14.6 Å². The Hall–Kier alpha value is -3.94. The molecule has 0 spiro atoms. The first-order valence-corrected chi connectivity index (χ1v) is 8.91. The average molecular weight is 390 g/mol. The van der Waals surface area contributed by atoms with Crippen LogP contribution in [0.1, 0.15) is 5.56 Å². The van der Waals surface area contributed by atoms with Gasteiger partial charge in [-0.2, -0.15) is 0 Å². The van der Waals surface area contributed by atoms with E-state index in [0.29, 0.717) is 17.1 Å². The third-order valence-corrected chi connectivity index (χ3v) is 4.48. The number of anilines is 1. The van der Waals surface area contributed by atoms with Crippen LogP contribution in [0.15, 0.2) is 64.2 Å². The lowest BCUT2D eigenvalue weighted by atomic mass is 10.1. The van der Waals surface area contributed by atoms with E-state index >= 15 is 0 Å². The fourth-order valence-corrected chi connectivity index (χ4v) is 2.99. The third kappa shape index (κ3) is 3.60. The number of nitrogens with one attached hydrogen (secondary N) is 1. The summed E-state index contributed by atoms with van der Waals surface area (Å²) in [5.41, 5.74) is 2.48. The fourth-order valence-electron chi connectivity index (χ4n) is 2.99. The van der Waals surface area contributed by atoms with Gasteiger partial charge in [0, 0.05) is 5.56 Å². The second kappa shape index (κ2) is 7.59. The molecule has 0 unspecified atom stereocenters. The predicted octanol–water partition coefficient (Wildman–Crippen LogP) is 3.01. The quantitative estimate of drug-likeness (QED) is 0.562. The number of aromatic nitrogens is 3. The number of aryl methyl sites for hydroxylation is 1. The molecule has 2 aromatic carbocycles. The number of fused-ring (bicyclic) bond motifs is 1. The van der Waals surface area contributed by atoms with Crippen LogP contribution in [0.4, 0.5) is 5.69 Å². The average Bonchev–Trinajstić information content (AvgIpc) is 3.16. The molecule has 0 atom stereocenters. The van der Waals surface area contributed by atoms with Crippen LogP contribution in [0, 0.1) is 6.92 Å². The Labute approximate surface area is 165 Å². The van der Waals surface area contributed by atoms with Gasteiger partial charge in [0.1, 0.15) is 29.7 Å². The molecule has 1 amide bonds. The smallest absolute Gasteiger partial charge is 0.267 e. The number of para-hydroxylation sites is 2. The van der Waals surface area contributed by atoms with Crippen LogP contribution in [-0.2, 0) is 11.3 Å². The van der Waals surface area contributed by atoms with Crippen molar-refractivity contribution in [3.8, 4) is 17.0 Å². The van der Waals surface area contributed by atoms with E-state index < -0.39 is 5.56 Å². The van der Waals surface area contributed by atoms with E-state index in [4.69, 9.17) is 9.26 Å². The SMILES string of the molecule is COc1ccccc1NC(=O)Cn1cnc2onc(-c3ccc(C)cc3)c2c1=O. The summed E-state index contributed by atoms with van der Waals surface area (Å²) in [5.74, 6) is 0.147. The van der Waals surface area contributed by atoms with E-state index in [1.807, 2.05) is 31.2 Å². The van der Waals surface area contributed by atoms with Crippen LogP contribution < -0.4 is 15.6 Å². The van der Waals surface area contributed by atoms with E-state index in [2.05, 4.69) is 15.5 Å². The van der Waals surface area contributed by atoms with E-state index in [0.717, 1.165) is 11.1 Å². The fraction of sp³-hybridized carbons (Fsp3) is 0.143. The van der Waals surface area contributed by atoms with Gasteiger partial charge in [-0.25, -0.2) is 4.98 Å². The van der Waals surface area contributed by atoms with Gasteiger partial charge >= 0.3 is 0 Å². The maximum atomic E-state index is 13.0. The summed E-state index contributed by atoms with van der Waals surface area (Å²) in [5, 5.41) is 6.98. The first-order valence-electron chi connectivity index (χ1n) is 8.91. The highest BCUT2D eigenvalue weighted by atomic mass is 16.5. The molecular formula is C21H18N4O4. The number of hydrogen-bond donors (Lipinski definition) is 1. The van der Waals surface area contributed by atoms with E-state index in [9.17, 15) is 9.59 Å². The number of benzene rings is 2. The molecule has 0 radical (unpaired) electrons. The summed E-state index contributed by atoms with van der Waals surface area (Å²) < 4.78 is 11.7. The minimum Gasteiger partial charge on any atom is -0.495 e. The summed E-state index contributed by atoms with van der Waals surface area (Å²) in [4.78, 5) is 29.6. The van der Waals surface area contributed by atoms with Crippen molar-refractivity contribution >= 4 is 22.7 Å². The monoisotopic (exact) mass is 390 g/mol. The molecule has 0 saturated heterocycles. The highest BCUT2D eigenvalue weighted by Crippen LogP contribution is 2.25. The molecule has 8 nitrogen and oxygen atoms in total. The minimum atomic E-state index is -0.401. The van der Waals surface area contributed by atoms with Crippen molar-refractivity contribution in [1.82, 2.24) is 14.7 Å². The number of methoxy groups -OCH3 is 1. The first kappa shape index (κ1) is 18.4. The highest BCUT2D eigenvalue weighted by molar-refractivity contribution is 5.93. The molecule has 29 heavy (non-hydrogen) atoms. The molecule has 0 bridgehead atoms. The topological polar surface area (TPSA) is 99.2 Å². The lowest BCUT2D eigenvalue weighted by Gasteiger charge is -2.10. The second-order valence-electron chi connectivity index (χ2n) is 6.50. The van der Waals surface area contributed by atoms with Crippen molar-refractivity contribution in [2.75, 3.05) is 12.4 Å². The van der Waals surface area contributed by atoms with Crippen molar-refractivity contribution in [2.24, 2.45) is 0 Å². The van der Waals surface area contributed by atoms with Crippen LogP contribution in [-0.4, -0.2) is 27.7 Å². The number of hydrogen-bond acceptors (Lipinski definition) is 6. The summed E-state index contributed by atoms with van der Waals surface area (Å²) >= 11 is 0. The Kier molecular flexibility index (Phi) is 4.82. The molecule has 4 aromatic rings. The van der Waals surface area contributed by atoms with Crippen molar-refractivity contribution < 1.29 is 14.1 Å². The van der Waals surface area contributed by atoms with Crippen LogP contribution in [0.2, 0.25) is 0 Å². The van der Waals surface area contributed by atoms with Crippen LogP contribution >= 0.6 is 0 Å². The second-order valence-corrected chi connectivity index (χ2v) is 6.50. The summed E-state index contributed by atoms with van der Waals surface area (Å²) in [6.45, 7) is 1.76. The molecule has 0 aliphatic heterocycles. The van der Waals surface area contributed by atoms with E-state index in [1.165, 1.54) is 18.0 Å². The maximum absolute atomic E-state index is 13.0. The van der Waals surface area contributed by atoms with E-state index in [1.54, 1.807) is 24.3 Å². The summed E-state index contributed by atoms with van der Waals surface area (Å²) in [7, 11) is 1.52. The van der Waals surface area contributed by atoms with Crippen LogP contribution in [0.5, 0.6) is 5.75 Å². The lowest BCUT2D eigenvalue weighted by Crippen LogP contribution is -2.28. The molecule has 2 aromatic heterocycles. The predicted molar refractivity (Wildman–Crippen MR) is 108 cm³/mol. The zero-order valence-corrected chi connectivity index (χ0v) is 15.9. The van der Waals surface area contributed by atoms with Crippen molar-refractivity contribution in [3.63, 3.8) is 0 Å². The molecule has 2 heterocycles. The first-order chi connectivity index (χ1) is 14.1. The minimum absolute atomic E-state index is 0.131. The van der Waals surface area contributed by atoms with Gasteiger partial charge in [-0.3, -0.25) is 14.2 Å². The zero-order chi connectivity index (χ0) is 20.4. The van der Waals surface area contributed by atoms with Crippen molar-refractivity contribution in [1.29, 1.82) is 0 Å². The molecule has 0 aliphatic carbocycles. The zero-order valence-electron chi connectivity index (χ0n) is 15.9. The van der Waals surface area contributed by atoms with Gasteiger partial charge in [-0.1, -0.05) is 47.1 Å². The number of nitrogens with zero attached hydrogens (tertiary/aromatic N) is 3. The molecule has 0 aliphatic rings. The van der Waals surface area contributed by atoms with Gasteiger partial charge in [-0.05, 0) is 19.1 Å². The number of amides is 1. The number of rotatable bonds is 5. The third-order valence-electron chi connectivity index (χ3n) is 4.48. The molecule has 8 heteroatoms. The van der Waals surface area contributed by atoms with Crippen LogP contribution in [0.3, 0.4) is 0 Å². The molecular weight excluding hydrogens is 372 g/mol. The Morgan fingerprint density at radius 2 is 1.93 bits per heavy atom. The Morgan fingerprint density at radius 1 is 1.17 bits per heavy atom. The van der Waals surface area contributed by atoms with E-state index in [-0.39, 0.29) is 23.6 Å². The van der Waals surface area contributed by atoms with Gasteiger partial charge in [0.2, 0.25) is 5.91 Å². The van der Waals surface area contributed by atoms with Gasteiger partial charge in [0.25, 0.3) is 11.3 Å². The normalized spacial score (nSPS) is 10.8. The lowest BCUT2D eigenvalue weighted by molar-refractivity contribution is -0.116. The Morgan fingerprint density at radius 3 is 2.69 bits per heavy atom. The molecule has 4 rings (SSSR count). The van der Waals surface area contributed by atoms with Crippen molar-refractivity contribution in [3.05, 3.63) is 70.8 Å².